The zero-order chi connectivity index (χ0) is 16.3. The maximum absolute atomic E-state index is 12.6. The summed E-state index contributed by atoms with van der Waals surface area (Å²) in [6.45, 7) is 6.04. The molecule has 0 saturated carbocycles. The standard InChI is InChI=1S/C15H24N4O3S/c1-17-5-2-6-18(8-7-17)15-4-3-14(13-16-15)23(20,21)19-9-11-22-12-10-19/h3-4,13H,2,5-12H2,1H3/p+2. The van der Waals surface area contributed by atoms with Gasteiger partial charge in [0.2, 0.25) is 10.0 Å². The number of hydrogen-bond donors (Lipinski definition) is 1. The highest BCUT2D eigenvalue weighted by Gasteiger charge is 2.28. The second-order valence-electron chi connectivity index (χ2n) is 6.22. The van der Waals surface area contributed by atoms with Crippen molar-refractivity contribution in [3.63, 3.8) is 0 Å². The van der Waals surface area contributed by atoms with Crippen molar-refractivity contribution >= 4 is 15.8 Å². The van der Waals surface area contributed by atoms with Gasteiger partial charge in [-0.05, 0) is 6.07 Å². The van der Waals surface area contributed by atoms with E-state index in [9.17, 15) is 8.42 Å². The average Bonchev–Trinajstić information content (AvgIpc) is 2.80. The summed E-state index contributed by atoms with van der Waals surface area (Å²) in [5.74, 6) is 0.987. The number of anilines is 1. The molecule has 1 aromatic heterocycles. The quantitative estimate of drug-likeness (QED) is 0.707. The molecular formula is C15H26N4O3S+2. The van der Waals surface area contributed by atoms with Crippen molar-refractivity contribution in [3.8, 4) is 0 Å². The van der Waals surface area contributed by atoms with Gasteiger partial charge in [0, 0.05) is 25.6 Å². The molecule has 0 amide bonds. The molecule has 7 nitrogen and oxygen atoms in total. The van der Waals surface area contributed by atoms with Crippen LogP contribution in [0.25, 0.3) is 0 Å². The first kappa shape index (κ1) is 16.6. The predicted molar refractivity (Wildman–Crippen MR) is 86.0 cm³/mol. The summed E-state index contributed by atoms with van der Waals surface area (Å²) in [5, 5.41) is 0. The van der Waals surface area contributed by atoms with E-state index in [1.807, 2.05) is 6.07 Å². The molecule has 8 heteroatoms. The van der Waals surface area contributed by atoms with Crippen molar-refractivity contribution in [2.75, 3.05) is 64.4 Å². The largest absolute Gasteiger partial charge is 0.379 e. The van der Waals surface area contributed by atoms with Crippen LogP contribution in [0.2, 0.25) is 0 Å². The van der Waals surface area contributed by atoms with Crippen LogP contribution in [0.3, 0.4) is 0 Å². The highest BCUT2D eigenvalue weighted by Crippen LogP contribution is 2.17. The van der Waals surface area contributed by atoms with Gasteiger partial charge in [-0.3, -0.25) is 4.90 Å². The Labute approximate surface area is 137 Å². The number of nitrogens with zero attached hydrogens (tertiary/aromatic N) is 2. The van der Waals surface area contributed by atoms with Crippen LogP contribution < -0.4 is 14.8 Å². The molecule has 0 aromatic carbocycles. The number of H-pyrrole nitrogens is 1. The maximum atomic E-state index is 12.6. The van der Waals surface area contributed by atoms with E-state index in [1.54, 1.807) is 17.2 Å². The minimum Gasteiger partial charge on any atom is -0.379 e. The van der Waals surface area contributed by atoms with E-state index in [1.165, 1.54) is 10.8 Å². The summed E-state index contributed by atoms with van der Waals surface area (Å²) in [7, 11) is -1.21. The van der Waals surface area contributed by atoms with Gasteiger partial charge >= 0.3 is 0 Å². The summed E-state index contributed by atoms with van der Waals surface area (Å²) in [5.41, 5.74) is 0. The van der Waals surface area contributed by atoms with E-state index in [2.05, 4.69) is 16.9 Å². The average molecular weight is 342 g/mol. The summed E-state index contributed by atoms with van der Waals surface area (Å²) in [6, 6.07) is 3.59. The Morgan fingerprint density at radius 2 is 1.91 bits per heavy atom. The van der Waals surface area contributed by atoms with E-state index in [4.69, 9.17) is 4.74 Å². The fraction of sp³-hybridized carbons (Fsp3) is 0.667. The predicted octanol–water partition coefficient (Wildman–Crippen LogP) is -1.75. The Balaban J connectivity index is 1.73. The monoisotopic (exact) mass is 342 g/mol. The zero-order valence-corrected chi connectivity index (χ0v) is 14.4. The Kier molecular flexibility index (Phi) is 5.15. The van der Waals surface area contributed by atoms with Gasteiger partial charge < -0.3 is 9.64 Å². The molecule has 0 spiro atoms. The van der Waals surface area contributed by atoms with Gasteiger partial charge in [-0.15, -0.1) is 0 Å². The molecule has 2 aliphatic heterocycles. The van der Waals surface area contributed by atoms with Crippen LogP contribution in [0, 0.1) is 0 Å². The van der Waals surface area contributed by atoms with E-state index < -0.39 is 10.0 Å². The number of hydrogen-bond acceptors (Lipinski definition) is 4. The van der Waals surface area contributed by atoms with Crippen molar-refractivity contribution in [2.45, 2.75) is 11.3 Å². The highest BCUT2D eigenvalue weighted by atomic mass is 32.2. The van der Waals surface area contributed by atoms with Crippen molar-refractivity contribution < 1.29 is 23.0 Å². The first-order valence-electron chi connectivity index (χ1n) is 8.23. The second-order valence-corrected chi connectivity index (χ2v) is 8.16. The van der Waals surface area contributed by atoms with Crippen molar-refractivity contribution in [3.05, 3.63) is 18.3 Å². The number of likely N-dealkylation sites (N-methyl/N-ethyl adjacent to an activating group) is 1. The number of morpholine rings is 1. The van der Waals surface area contributed by atoms with Crippen LogP contribution >= 0.6 is 0 Å². The third kappa shape index (κ3) is 3.82. The number of aromatic amines is 1. The van der Waals surface area contributed by atoms with Crippen molar-refractivity contribution in [1.29, 1.82) is 0 Å². The SMILES string of the molecule is C[NH+]1CCCN(c2ccc(S(=O)(=O)N3CCOCC3)c[nH+]2)CC1. The van der Waals surface area contributed by atoms with Crippen LogP contribution in [0.4, 0.5) is 5.82 Å². The second kappa shape index (κ2) is 7.12. The lowest BCUT2D eigenvalue weighted by Crippen LogP contribution is -3.09. The lowest BCUT2D eigenvalue weighted by molar-refractivity contribution is -0.876. The van der Waals surface area contributed by atoms with E-state index >= 15 is 0 Å². The van der Waals surface area contributed by atoms with Gasteiger partial charge in [-0.1, -0.05) is 0 Å². The van der Waals surface area contributed by atoms with E-state index in [0.717, 1.165) is 31.9 Å². The number of nitrogens with one attached hydrogen (secondary N) is 2. The van der Waals surface area contributed by atoms with Gasteiger partial charge in [0.15, 0.2) is 0 Å². The minimum absolute atomic E-state index is 0.320. The van der Waals surface area contributed by atoms with Gasteiger partial charge in [-0.2, -0.15) is 4.31 Å². The maximum Gasteiger partial charge on any atom is 0.274 e. The molecule has 2 N–H and O–H groups in total. The molecule has 1 unspecified atom stereocenters. The zero-order valence-electron chi connectivity index (χ0n) is 13.6. The molecule has 3 heterocycles. The van der Waals surface area contributed by atoms with Gasteiger partial charge in [0.1, 0.15) is 24.2 Å². The molecule has 1 atom stereocenters. The lowest BCUT2D eigenvalue weighted by Gasteiger charge is -2.25. The van der Waals surface area contributed by atoms with Crippen LogP contribution in [-0.4, -0.2) is 72.3 Å². The number of ether oxygens (including phenoxy) is 1. The van der Waals surface area contributed by atoms with Crippen molar-refractivity contribution in [1.82, 2.24) is 4.31 Å². The molecule has 0 aliphatic carbocycles. The Morgan fingerprint density at radius 3 is 2.61 bits per heavy atom. The molecule has 2 fully saturated rings. The fourth-order valence-electron chi connectivity index (χ4n) is 3.07. The molecule has 2 saturated heterocycles. The molecule has 0 bridgehead atoms. The molecule has 2 aliphatic rings. The summed E-state index contributed by atoms with van der Waals surface area (Å²) >= 11 is 0. The molecular weight excluding hydrogens is 316 g/mol. The third-order valence-electron chi connectivity index (χ3n) is 4.56. The lowest BCUT2D eigenvalue weighted by atomic mass is 10.3. The number of quaternary nitrogens is 1. The van der Waals surface area contributed by atoms with Crippen LogP contribution in [0.1, 0.15) is 6.42 Å². The molecule has 3 rings (SSSR count). The molecule has 1 aromatic rings. The van der Waals surface area contributed by atoms with Gasteiger partial charge in [0.05, 0.1) is 33.4 Å². The normalized spacial score (nSPS) is 24.4. The number of rotatable bonds is 3. The van der Waals surface area contributed by atoms with Gasteiger partial charge in [-0.25, -0.2) is 13.4 Å². The Morgan fingerprint density at radius 1 is 1.13 bits per heavy atom. The van der Waals surface area contributed by atoms with Crippen molar-refractivity contribution in [2.24, 2.45) is 0 Å². The first-order chi connectivity index (χ1) is 11.1. The van der Waals surface area contributed by atoms with Crippen LogP contribution in [0.5, 0.6) is 0 Å². The Hall–Kier alpha value is -1.22. The van der Waals surface area contributed by atoms with E-state index in [0.29, 0.717) is 31.2 Å². The Bertz CT molecular complexity index is 614. The number of pyridine rings is 1. The third-order valence-corrected chi connectivity index (χ3v) is 6.45. The highest BCUT2D eigenvalue weighted by molar-refractivity contribution is 7.89. The fourth-order valence-corrected chi connectivity index (χ4v) is 4.45. The van der Waals surface area contributed by atoms with Crippen LogP contribution in [-0.2, 0) is 14.8 Å². The summed E-state index contributed by atoms with van der Waals surface area (Å²) in [4.78, 5) is 7.33. The molecule has 23 heavy (non-hydrogen) atoms. The van der Waals surface area contributed by atoms with Crippen LogP contribution in [0.15, 0.2) is 23.2 Å². The van der Waals surface area contributed by atoms with Gasteiger partial charge in [0.25, 0.3) is 5.82 Å². The number of sulfonamides is 1. The molecule has 0 radical (unpaired) electrons. The number of aromatic nitrogens is 1. The summed E-state index contributed by atoms with van der Waals surface area (Å²) in [6.07, 6.45) is 2.76. The molecule has 128 valence electrons. The summed E-state index contributed by atoms with van der Waals surface area (Å²) < 4.78 is 31.9. The smallest absolute Gasteiger partial charge is 0.274 e. The van der Waals surface area contributed by atoms with E-state index in [-0.39, 0.29) is 0 Å². The minimum atomic E-state index is -3.43. The topological polar surface area (TPSA) is 68.4 Å². The first-order valence-corrected chi connectivity index (χ1v) is 9.67.